The Kier molecular flexibility index (Phi) is 3.45. The van der Waals surface area contributed by atoms with Crippen LogP contribution in [-0.2, 0) is 19.1 Å². The van der Waals surface area contributed by atoms with Crippen LogP contribution < -0.4 is 0 Å². The van der Waals surface area contributed by atoms with Gasteiger partial charge >= 0.3 is 12.1 Å². The molecule has 3 aliphatic rings. The average Bonchev–Trinajstić information content (AvgIpc) is 3.04. The van der Waals surface area contributed by atoms with Gasteiger partial charge in [-0.15, -0.1) is 0 Å². The standard InChI is InChI=1S/C16H23NO5/c1-16(2,3)22-15(20)17-7-10-8-5-9(11(18)6-8)12(10)13(17)14(19)21-4/h8-10,12-13H,5-7H2,1-4H3/t8-,9+,10+,12-,13-/m0/s1. The number of fused-ring (bicyclic) bond motifs is 5. The SMILES string of the molecule is COC(=O)[C@@H]1[C@@H]2[C@H](CN1C(=O)OC(C)(C)C)[C@@H]1CC(=O)[C@H]2C1. The number of amides is 1. The lowest BCUT2D eigenvalue weighted by atomic mass is 9.78. The van der Waals surface area contributed by atoms with Crippen molar-refractivity contribution in [3.8, 4) is 0 Å². The molecule has 2 bridgehead atoms. The number of esters is 1. The van der Waals surface area contributed by atoms with E-state index in [0.29, 0.717) is 18.9 Å². The highest BCUT2D eigenvalue weighted by atomic mass is 16.6. The molecule has 0 spiro atoms. The van der Waals surface area contributed by atoms with Crippen molar-refractivity contribution in [2.75, 3.05) is 13.7 Å². The molecule has 22 heavy (non-hydrogen) atoms. The maximum atomic E-state index is 12.4. The van der Waals surface area contributed by atoms with Crippen LogP contribution in [0.2, 0.25) is 0 Å². The lowest BCUT2D eigenvalue weighted by Crippen LogP contribution is -2.47. The van der Waals surface area contributed by atoms with E-state index < -0.39 is 23.7 Å². The first-order valence-electron chi connectivity index (χ1n) is 7.83. The van der Waals surface area contributed by atoms with Gasteiger partial charge in [0.05, 0.1) is 7.11 Å². The zero-order valence-electron chi connectivity index (χ0n) is 13.5. The number of likely N-dealkylation sites (tertiary alicyclic amines) is 1. The molecule has 6 heteroatoms. The Balaban J connectivity index is 1.87. The first kappa shape index (κ1) is 15.3. The van der Waals surface area contributed by atoms with Crippen LogP contribution in [-0.4, -0.2) is 48.0 Å². The van der Waals surface area contributed by atoms with Gasteiger partial charge in [-0.2, -0.15) is 0 Å². The Bertz CT molecular complexity index is 523. The molecule has 6 nitrogen and oxygen atoms in total. The fourth-order valence-electron chi connectivity index (χ4n) is 4.45. The van der Waals surface area contributed by atoms with E-state index in [-0.39, 0.29) is 23.5 Å². The number of carbonyl (C=O) groups excluding carboxylic acids is 3. The van der Waals surface area contributed by atoms with E-state index in [0.717, 1.165) is 6.42 Å². The summed E-state index contributed by atoms with van der Waals surface area (Å²) in [6.45, 7) is 5.86. The van der Waals surface area contributed by atoms with Crippen LogP contribution in [0.5, 0.6) is 0 Å². The van der Waals surface area contributed by atoms with Gasteiger partial charge < -0.3 is 9.47 Å². The molecule has 0 aromatic carbocycles. The minimum absolute atomic E-state index is 0.105. The number of ether oxygens (including phenoxy) is 2. The number of hydrogen-bond acceptors (Lipinski definition) is 5. The van der Waals surface area contributed by atoms with Crippen molar-refractivity contribution in [1.29, 1.82) is 0 Å². The Morgan fingerprint density at radius 3 is 2.55 bits per heavy atom. The third-order valence-corrected chi connectivity index (χ3v) is 5.18. The summed E-state index contributed by atoms with van der Waals surface area (Å²) >= 11 is 0. The number of rotatable bonds is 1. The molecule has 122 valence electrons. The van der Waals surface area contributed by atoms with Crippen molar-refractivity contribution in [2.24, 2.45) is 23.7 Å². The van der Waals surface area contributed by atoms with Crippen molar-refractivity contribution in [3.63, 3.8) is 0 Å². The lowest BCUT2D eigenvalue weighted by molar-refractivity contribution is -0.148. The van der Waals surface area contributed by atoms with E-state index in [1.807, 2.05) is 0 Å². The third kappa shape index (κ3) is 2.29. The highest BCUT2D eigenvalue weighted by molar-refractivity contribution is 5.89. The maximum absolute atomic E-state index is 12.4. The lowest BCUT2D eigenvalue weighted by Gasteiger charge is -2.30. The van der Waals surface area contributed by atoms with Crippen molar-refractivity contribution in [3.05, 3.63) is 0 Å². The zero-order chi connectivity index (χ0) is 16.2. The largest absolute Gasteiger partial charge is 0.467 e. The van der Waals surface area contributed by atoms with Gasteiger partial charge in [0, 0.05) is 24.8 Å². The van der Waals surface area contributed by atoms with Gasteiger partial charge in [-0.05, 0) is 39.0 Å². The summed E-state index contributed by atoms with van der Waals surface area (Å²) < 4.78 is 10.3. The third-order valence-electron chi connectivity index (χ3n) is 5.18. The molecular weight excluding hydrogens is 286 g/mol. The second-order valence-corrected chi connectivity index (χ2v) is 7.61. The minimum Gasteiger partial charge on any atom is -0.467 e. The molecule has 1 aliphatic heterocycles. The number of Topliss-reactive ketones (excluding diaryl/α,β-unsaturated/α-hetero) is 1. The summed E-state index contributed by atoms with van der Waals surface area (Å²) in [5.74, 6) is 0.0732. The average molecular weight is 309 g/mol. The van der Waals surface area contributed by atoms with E-state index in [2.05, 4.69) is 0 Å². The molecule has 0 aromatic rings. The van der Waals surface area contributed by atoms with E-state index in [9.17, 15) is 14.4 Å². The van der Waals surface area contributed by atoms with Gasteiger partial charge in [-0.1, -0.05) is 0 Å². The summed E-state index contributed by atoms with van der Waals surface area (Å²) in [7, 11) is 1.32. The summed E-state index contributed by atoms with van der Waals surface area (Å²) in [5.41, 5.74) is -0.621. The molecule has 1 saturated heterocycles. The normalized spacial score (nSPS) is 36.5. The second-order valence-electron chi connectivity index (χ2n) is 7.61. The molecule has 0 unspecified atom stereocenters. The predicted molar refractivity (Wildman–Crippen MR) is 76.9 cm³/mol. The van der Waals surface area contributed by atoms with Crippen molar-refractivity contribution >= 4 is 17.8 Å². The monoisotopic (exact) mass is 309 g/mol. The molecule has 2 aliphatic carbocycles. The topological polar surface area (TPSA) is 72.9 Å². The van der Waals surface area contributed by atoms with Gasteiger partial charge in [0.15, 0.2) is 0 Å². The zero-order valence-corrected chi connectivity index (χ0v) is 13.5. The molecular formula is C16H23NO5. The summed E-state index contributed by atoms with van der Waals surface area (Å²) in [6.07, 6.45) is 0.940. The molecule has 2 saturated carbocycles. The predicted octanol–water partition coefficient (Wildman–Crippen LogP) is 1.62. The van der Waals surface area contributed by atoms with Gasteiger partial charge in [0.25, 0.3) is 0 Å². The molecule has 5 atom stereocenters. The Labute approximate surface area is 130 Å². The number of methoxy groups -OCH3 is 1. The number of ketones is 1. The highest BCUT2D eigenvalue weighted by Gasteiger charge is 2.63. The van der Waals surface area contributed by atoms with E-state index >= 15 is 0 Å². The first-order valence-corrected chi connectivity index (χ1v) is 7.83. The minimum atomic E-state index is -0.691. The van der Waals surface area contributed by atoms with Crippen molar-refractivity contribution < 1.29 is 23.9 Å². The maximum Gasteiger partial charge on any atom is 0.411 e. The number of nitrogens with zero attached hydrogens (tertiary/aromatic N) is 1. The Morgan fingerprint density at radius 2 is 1.95 bits per heavy atom. The van der Waals surface area contributed by atoms with Gasteiger partial charge in [-0.3, -0.25) is 9.69 Å². The fourth-order valence-corrected chi connectivity index (χ4v) is 4.45. The second kappa shape index (κ2) is 4.96. The Hall–Kier alpha value is -1.59. The first-order chi connectivity index (χ1) is 10.2. The summed E-state index contributed by atoms with van der Waals surface area (Å²) in [5, 5.41) is 0. The molecule has 3 fully saturated rings. The van der Waals surface area contributed by atoms with Crippen LogP contribution in [0.25, 0.3) is 0 Å². The van der Waals surface area contributed by atoms with E-state index in [4.69, 9.17) is 9.47 Å². The molecule has 0 radical (unpaired) electrons. The van der Waals surface area contributed by atoms with Crippen LogP contribution in [0.15, 0.2) is 0 Å². The molecule has 1 amide bonds. The van der Waals surface area contributed by atoms with E-state index in [1.165, 1.54) is 12.0 Å². The smallest absolute Gasteiger partial charge is 0.411 e. The van der Waals surface area contributed by atoms with Crippen LogP contribution in [0.4, 0.5) is 4.79 Å². The molecule has 3 rings (SSSR count). The number of hydrogen-bond donors (Lipinski definition) is 0. The molecule has 0 aromatic heterocycles. The molecule has 0 N–H and O–H groups in total. The van der Waals surface area contributed by atoms with E-state index in [1.54, 1.807) is 20.8 Å². The van der Waals surface area contributed by atoms with Crippen LogP contribution in [0.1, 0.15) is 33.6 Å². The van der Waals surface area contributed by atoms with Crippen LogP contribution in [0.3, 0.4) is 0 Å². The molecule has 1 heterocycles. The number of carbonyl (C=O) groups is 3. The van der Waals surface area contributed by atoms with Crippen molar-refractivity contribution in [2.45, 2.75) is 45.3 Å². The summed E-state index contributed by atoms with van der Waals surface area (Å²) in [4.78, 5) is 38.2. The summed E-state index contributed by atoms with van der Waals surface area (Å²) in [6, 6.07) is -0.691. The van der Waals surface area contributed by atoms with Crippen LogP contribution in [0, 0.1) is 23.7 Å². The van der Waals surface area contributed by atoms with Gasteiger partial charge in [0.1, 0.15) is 17.4 Å². The Morgan fingerprint density at radius 1 is 1.27 bits per heavy atom. The van der Waals surface area contributed by atoms with Crippen LogP contribution >= 0.6 is 0 Å². The van der Waals surface area contributed by atoms with Crippen molar-refractivity contribution in [1.82, 2.24) is 4.90 Å². The van der Waals surface area contributed by atoms with Gasteiger partial charge in [-0.25, -0.2) is 9.59 Å². The fraction of sp³-hybridized carbons (Fsp3) is 0.812. The van der Waals surface area contributed by atoms with Gasteiger partial charge in [0.2, 0.25) is 0 Å². The quantitative estimate of drug-likeness (QED) is 0.688. The highest BCUT2D eigenvalue weighted by Crippen LogP contribution is 2.56.